The second-order valence-electron chi connectivity index (χ2n) is 8.12. The van der Waals surface area contributed by atoms with Crippen LogP contribution in [0.25, 0.3) is 0 Å². The van der Waals surface area contributed by atoms with Crippen LogP contribution in [0, 0.1) is 0 Å². The average Bonchev–Trinajstić information content (AvgIpc) is 2.69. The number of hydrogen-bond donors (Lipinski definition) is 1. The van der Waals surface area contributed by atoms with E-state index in [1.165, 1.54) is 11.1 Å². The summed E-state index contributed by atoms with van der Waals surface area (Å²) in [6, 6.07) is 16.1. The molecule has 2 rings (SSSR count). The fraction of sp³-hybridized carbons (Fsp3) is 0.458. The molecular weight excluding hydrogens is 366 g/mol. The topological polar surface area (TPSA) is 56.8 Å². The number of aryl methyl sites for hydroxylation is 2. The quantitative estimate of drug-likeness (QED) is 0.633. The first-order valence-corrected chi connectivity index (χ1v) is 10.0. The molecule has 0 spiro atoms. The Morgan fingerprint density at radius 3 is 1.59 bits per heavy atom. The summed E-state index contributed by atoms with van der Waals surface area (Å²) in [4.78, 5) is 12.3. The number of carbonyl (C=O) groups is 1. The third-order valence-corrected chi connectivity index (χ3v) is 4.60. The van der Waals surface area contributed by atoms with Crippen LogP contribution in [0.4, 0.5) is 4.79 Å². The minimum Gasteiger partial charge on any atom is -0.497 e. The van der Waals surface area contributed by atoms with Crippen molar-refractivity contribution >= 4 is 6.09 Å². The minimum absolute atomic E-state index is 0.0223. The van der Waals surface area contributed by atoms with Crippen LogP contribution >= 0.6 is 0 Å². The van der Waals surface area contributed by atoms with Crippen molar-refractivity contribution < 1.29 is 19.0 Å². The van der Waals surface area contributed by atoms with Crippen LogP contribution in [0.2, 0.25) is 0 Å². The van der Waals surface area contributed by atoms with E-state index < -0.39 is 5.60 Å². The van der Waals surface area contributed by atoms with Crippen molar-refractivity contribution in [2.75, 3.05) is 14.2 Å². The van der Waals surface area contributed by atoms with Crippen molar-refractivity contribution in [3.05, 3.63) is 59.7 Å². The Balaban J connectivity index is 1.97. The first-order valence-electron chi connectivity index (χ1n) is 10.0. The lowest BCUT2D eigenvalue weighted by Gasteiger charge is -2.24. The van der Waals surface area contributed by atoms with Crippen LogP contribution < -0.4 is 14.8 Å². The molecule has 158 valence electrons. The smallest absolute Gasteiger partial charge is 0.407 e. The summed E-state index contributed by atoms with van der Waals surface area (Å²) in [6.07, 6.45) is 3.04. The van der Waals surface area contributed by atoms with Crippen LogP contribution in [0.3, 0.4) is 0 Å². The first-order chi connectivity index (χ1) is 13.8. The third-order valence-electron chi connectivity index (χ3n) is 4.60. The molecule has 0 aliphatic carbocycles. The van der Waals surface area contributed by atoms with E-state index in [2.05, 4.69) is 29.6 Å². The van der Waals surface area contributed by atoms with Crippen molar-refractivity contribution in [2.45, 2.75) is 58.1 Å². The Morgan fingerprint density at radius 1 is 0.828 bits per heavy atom. The van der Waals surface area contributed by atoms with Gasteiger partial charge in [0.2, 0.25) is 0 Å². The number of hydrogen-bond acceptors (Lipinski definition) is 4. The molecule has 2 aromatic carbocycles. The second kappa shape index (κ2) is 10.7. The standard InChI is InChI=1S/C24H33NO4/c1-24(2,3)29-23(26)25-20(12-6-18-8-14-21(27-4)15-9-18)13-7-19-10-16-22(28-5)17-11-19/h8-11,14-17,20H,6-7,12-13H2,1-5H3,(H,25,26). The highest BCUT2D eigenvalue weighted by Crippen LogP contribution is 2.17. The van der Waals surface area contributed by atoms with E-state index in [0.717, 1.165) is 37.2 Å². The molecule has 0 radical (unpaired) electrons. The average molecular weight is 400 g/mol. The summed E-state index contributed by atoms with van der Waals surface area (Å²) in [7, 11) is 3.32. The normalized spacial score (nSPS) is 11.2. The molecule has 5 nitrogen and oxygen atoms in total. The number of ether oxygens (including phenoxy) is 3. The van der Waals surface area contributed by atoms with Gasteiger partial charge < -0.3 is 19.5 Å². The van der Waals surface area contributed by atoms with E-state index >= 15 is 0 Å². The Hall–Kier alpha value is -2.69. The van der Waals surface area contributed by atoms with Gasteiger partial charge in [-0.2, -0.15) is 0 Å². The molecule has 0 aliphatic heterocycles. The molecule has 1 amide bonds. The number of nitrogens with one attached hydrogen (secondary N) is 1. The molecule has 5 heteroatoms. The van der Waals surface area contributed by atoms with E-state index in [1.807, 2.05) is 45.0 Å². The molecule has 0 heterocycles. The third kappa shape index (κ3) is 8.46. The lowest BCUT2D eigenvalue weighted by Crippen LogP contribution is -2.39. The molecule has 0 bridgehead atoms. The van der Waals surface area contributed by atoms with Gasteiger partial charge in [0, 0.05) is 6.04 Å². The van der Waals surface area contributed by atoms with Gasteiger partial charge in [0.1, 0.15) is 17.1 Å². The summed E-state index contributed by atoms with van der Waals surface area (Å²) in [6.45, 7) is 5.61. The predicted molar refractivity (Wildman–Crippen MR) is 116 cm³/mol. The molecule has 0 unspecified atom stereocenters. The van der Waals surface area contributed by atoms with Gasteiger partial charge in [-0.25, -0.2) is 4.79 Å². The summed E-state index contributed by atoms with van der Waals surface area (Å²) >= 11 is 0. The molecule has 0 aromatic heterocycles. The van der Waals surface area contributed by atoms with Crippen LogP contribution in [0.15, 0.2) is 48.5 Å². The Morgan fingerprint density at radius 2 is 1.24 bits per heavy atom. The monoisotopic (exact) mass is 399 g/mol. The van der Waals surface area contributed by atoms with Crippen molar-refractivity contribution in [2.24, 2.45) is 0 Å². The summed E-state index contributed by atoms with van der Waals surface area (Å²) in [5, 5.41) is 3.05. The van der Waals surface area contributed by atoms with Gasteiger partial charge in [-0.3, -0.25) is 0 Å². The first kappa shape index (κ1) is 22.6. The molecular formula is C24H33NO4. The van der Waals surface area contributed by atoms with E-state index in [1.54, 1.807) is 14.2 Å². The number of amides is 1. The number of carbonyl (C=O) groups excluding carboxylic acids is 1. The Labute approximate surface area is 174 Å². The lowest BCUT2D eigenvalue weighted by atomic mass is 9.99. The zero-order valence-electron chi connectivity index (χ0n) is 18.2. The van der Waals surface area contributed by atoms with E-state index in [9.17, 15) is 4.79 Å². The van der Waals surface area contributed by atoms with Gasteiger partial charge in [-0.05, 0) is 81.8 Å². The maximum atomic E-state index is 12.3. The molecule has 0 fully saturated rings. The summed E-state index contributed by atoms with van der Waals surface area (Å²) < 4.78 is 15.9. The Bertz CT molecular complexity index is 696. The number of alkyl carbamates (subject to hydrolysis) is 1. The minimum atomic E-state index is -0.513. The lowest BCUT2D eigenvalue weighted by molar-refractivity contribution is 0.0499. The van der Waals surface area contributed by atoms with Crippen LogP contribution in [0.1, 0.15) is 44.7 Å². The van der Waals surface area contributed by atoms with Crippen molar-refractivity contribution in [3.63, 3.8) is 0 Å². The predicted octanol–water partition coefficient (Wildman–Crippen LogP) is 5.16. The fourth-order valence-corrected chi connectivity index (χ4v) is 3.03. The molecule has 0 atom stereocenters. The highest BCUT2D eigenvalue weighted by Gasteiger charge is 2.19. The van der Waals surface area contributed by atoms with Crippen molar-refractivity contribution in [1.29, 1.82) is 0 Å². The highest BCUT2D eigenvalue weighted by molar-refractivity contribution is 5.68. The van der Waals surface area contributed by atoms with Gasteiger partial charge in [0.15, 0.2) is 0 Å². The summed E-state index contributed by atoms with van der Waals surface area (Å²) in [5.74, 6) is 1.69. The fourth-order valence-electron chi connectivity index (χ4n) is 3.03. The van der Waals surface area contributed by atoms with Gasteiger partial charge in [-0.1, -0.05) is 24.3 Å². The van der Waals surface area contributed by atoms with Gasteiger partial charge in [-0.15, -0.1) is 0 Å². The van der Waals surface area contributed by atoms with Crippen LogP contribution in [0.5, 0.6) is 11.5 Å². The molecule has 29 heavy (non-hydrogen) atoms. The van der Waals surface area contributed by atoms with E-state index in [4.69, 9.17) is 14.2 Å². The molecule has 1 N–H and O–H groups in total. The maximum absolute atomic E-state index is 12.3. The second-order valence-corrected chi connectivity index (χ2v) is 8.12. The highest BCUT2D eigenvalue weighted by atomic mass is 16.6. The van der Waals surface area contributed by atoms with E-state index in [-0.39, 0.29) is 12.1 Å². The number of benzene rings is 2. The van der Waals surface area contributed by atoms with Crippen molar-refractivity contribution in [1.82, 2.24) is 5.32 Å². The van der Waals surface area contributed by atoms with Gasteiger partial charge >= 0.3 is 6.09 Å². The van der Waals surface area contributed by atoms with Gasteiger partial charge in [0.25, 0.3) is 0 Å². The maximum Gasteiger partial charge on any atom is 0.407 e. The zero-order chi connectivity index (χ0) is 21.3. The van der Waals surface area contributed by atoms with Gasteiger partial charge in [0.05, 0.1) is 14.2 Å². The van der Waals surface area contributed by atoms with E-state index in [0.29, 0.717) is 0 Å². The number of methoxy groups -OCH3 is 2. The molecule has 0 saturated heterocycles. The molecule has 2 aromatic rings. The summed E-state index contributed by atoms with van der Waals surface area (Å²) in [5.41, 5.74) is 1.91. The molecule has 0 aliphatic rings. The van der Waals surface area contributed by atoms with Crippen molar-refractivity contribution in [3.8, 4) is 11.5 Å². The zero-order valence-corrected chi connectivity index (χ0v) is 18.2. The van der Waals surface area contributed by atoms with Crippen LogP contribution in [-0.4, -0.2) is 32.0 Å². The Kier molecular flexibility index (Phi) is 8.37. The number of rotatable bonds is 9. The molecule has 0 saturated carbocycles. The largest absolute Gasteiger partial charge is 0.497 e. The SMILES string of the molecule is COc1ccc(CCC(CCc2ccc(OC)cc2)NC(=O)OC(C)(C)C)cc1. The van der Waals surface area contributed by atoms with Crippen LogP contribution in [-0.2, 0) is 17.6 Å².